The molecule has 1 heterocycles. The summed E-state index contributed by atoms with van der Waals surface area (Å²) in [5.41, 5.74) is 0.584. The number of para-hydroxylation sites is 1. The number of aliphatic imine (C=N–C) groups is 1. The molecule has 4 heteroatoms. The van der Waals surface area contributed by atoms with Crippen molar-refractivity contribution < 1.29 is 14.2 Å². The molecule has 1 aliphatic heterocycles. The molecule has 4 nitrogen and oxygen atoms in total. The van der Waals surface area contributed by atoms with Gasteiger partial charge in [0.15, 0.2) is 11.5 Å². The molecule has 0 aliphatic carbocycles. The lowest BCUT2D eigenvalue weighted by Gasteiger charge is -2.18. The van der Waals surface area contributed by atoms with Crippen molar-refractivity contribution >= 4 is 5.90 Å². The molecule has 0 aromatic heterocycles. The maximum atomic E-state index is 5.79. The van der Waals surface area contributed by atoms with E-state index in [0.717, 1.165) is 5.56 Å². The van der Waals surface area contributed by atoms with Gasteiger partial charge in [-0.25, -0.2) is 4.99 Å². The molecule has 0 spiro atoms. The minimum Gasteiger partial charge on any atom is -0.493 e. The summed E-state index contributed by atoms with van der Waals surface area (Å²) in [4.78, 5) is 4.40. The first-order chi connectivity index (χ1) is 8.07. The van der Waals surface area contributed by atoms with Crippen LogP contribution >= 0.6 is 0 Å². The molecule has 0 saturated heterocycles. The summed E-state index contributed by atoms with van der Waals surface area (Å²) in [6.45, 7) is 4.68. The first-order valence-electron chi connectivity index (χ1n) is 5.52. The average Bonchev–Trinajstić information content (AvgIpc) is 2.68. The Balaban J connectivity index is 2.40. The van der Waals surface area contributed by atoms with Gasteiger partial charge in [-0.15, -0.1) is 0 Å². The van der Waals surface area contributed by atoms with Crippen LogP contribution in [0.2, 0.25) is 0 Å². The van der Waals surface area contributed by atoms with Gasteiger partial charge >= 0.3 is 0 Å². The molecule has 0 saturated carbocycles. The van der Waals surface area contributed by atoms with Gasteiger partial charge in [0.1, 0.15) is 5.60 Å². The molecular weight excluding hydrogens is 218 g/mol. The van der Waals surface area contributed by atoms with Crippen molar-refractivity contribution in [2.45, 2.75) is 19.4 Å². The Morgan fingerprint density at radius 2 is 2.00 bits per heavy atom. The van der Waals surface area contributed by atoms with Crippen LogP contribution < -0.4 is 9.47 Å². The van der Waals surface area contributed by atoms with Gasteiger partial charge in [0, 0.05) is 0 Å². The average molecular weight is 235 g/mol. The van der Waals surface area contributed by atoms with Crippen LogP contribution in [0.4, 0.5) is 0 Å². The van der Waals surface area contributed by atoms with Gasteiger partial charge in [0.2, 0.25) is 5.90 Å². The highest BCUT2D eigenvalue weighted by molar-refractivity contribution is 5.98. The summed E-state index contributed by atoms with van der Waals surface area (Å²) in [7, 11) is 3.23. The third kappa shape index (κ3) is 2.20. The van der Waals surface area contributed by atoms with Crippen molar-refractivity contribution in [3.05, 3.63) is 23.8 Å². The smallest absolute Gasteiger partial charge is 0.220 e. The minimum absolute atomic E-state index is 0.247. The Morgan fingerprint density at radius 3 is 2.53 bits per heavy atom. The van der Waals surface area contributed by atoms with Crippen molar-refractivity contribution in [1.82, 2.24) is 0 Å². The van der Waals surface area contributed by atoms with E-state index in [0.29, 0.717) is 23.9 Å². The van der Waals surface area contributed by atoms with E-state index in [1.54, 1.807) is 14.2 Å². The van der Waals surface area contributed by atoms with Crippen LogP contribution in [-0.4, -0.2) is 32.3 Å². The predicted molar refractivity (Wildman–Crippen MR) is 66.1 cm³/mol. The molecule has 0 amide bonds. The largest absolute Gasteiger partial charge is 0.493 e. The zero-order valence-electron chi connectivity index (χ0n) is 10.6. The Morgan fingerprint density at radius 1 is 1.24 bits per heavy atom. The molecule has 92 valence electrons. The first kappa shape index (κ1) is 11.8. The van der Waals surface area contributed by atoms with E-state index in [4.69, 9.17) is 14.2 Å². The second-order valence-electron chi connectivity index (χ2n) is 4.52. The maximum Gasteiger partial charge on any atom is 0.220 e. The SMILES string of the molecule is COc1cccc(C2=NCC(C)(C)O2)c1OC. The topological polar surface area (TPSA) is 40.0 Å². The van der Waals surface area contributed by atoms with Gasteiger partial charge in [-0.05, 0) is 26.0 Å². The van der Waals surface area contributed by atoms with Crippen molar-refractivity contribution in [3.8, 4) is 11.5 Å². The highest BCUT2D eigenvalue weighted by Gasteiger charge is 2.30. The molecule has 1 aromatic rings. The first-order valence-corrected chi connectivity index (χ1v) is 5.52. The fraction of sp³-hybridized carbons (Fsp3) is 0.462. The second kappa shape index (κ2) is 4.28. The quantitative estimate of drug-likeness (QED) is 0.806. The van der Waals surface area contributed by atoms with E-state index >= 15 is 0 Å². The molecule has 0 radical (unpaired) electrons. The predicted octanol–water partition coefficient (Wildman–Crippen LogP) is 2.26. The summed E-state index contributed by atoms with van der Waals surface area (Å²) in [5.74, 6) is 1.96. The zero-order valence-corrected chi connectivity index (χ0v) is 10.6. The number of nitrogens with zero attached hydrogens (tertiary/aromatic N) is 1. The highest BCUT2D eigenvalue weighted by atomic mass is 16.5. The van der Waals surface area contributed by atoms with E-state index < -0.39 is 0 Å². The van der Waals surface area contributed by atoms with Crippen LogP contribution in [0.1, 0.15) is 19.4 Å². The van der Waals surface area contributed by atoms with Crippen LogP contribution in [-0.2, 0) is 4.74 Å². The molecule has 0 atom stereocenters. The van der Waals surface area contributed by atoms with Crippen molar-refractivity contribution in [2.75, 3.05) is 20.8 Å². The lowest BCUT2D eigenvalue weighted by atomic mass is 10.1. The number of rotatable bonds is 3. The summed E-state index contributed by atoms with van der Waals surface area (Å²) in [6, 6.07) is 5.67. The van der Waals surface area contributed by atoms with Crippen LogP contribution in [0.25, 0.3) is 0 Å². The molecule has 17 heavy (non-hydrogen) atoms. The third-order valence-corrected chi connectivity index (χ3v) is 2.61. The van der Waals surface area contributed by atoms with Gasteiger partial charge in [0.25, 0.3) is 0 Å². The number of benzene rings is 1. The lowest BCUT2D eigenvalue weighted by molar-refractivity contribution is 0.131. The number of hydrogen-bond donors (Lipinski definition) is 0. The summed E-state index contributed by atoms with van der Waals surface area (Å²) in [6.07, 6.45) is 0. The minimum atomic E-state index is -0.247. The van der Waals surface area contributed by atoms with E-state index in [1.807, 2.05) is 32.0 Å². The highest BCUT2D eigenvalue weighted by Crippen LogP contribution is 2.33. The van der Waals surface area contributed by atoms with Crippen LogP contribution in [0.5, 0.6) is 11.5 Å². The van der Waals surface area contributed by atoms with Gasteiger partial charge < -0.3 is 14.2 Å². The Hall–Kier alpha value is -1.71. The van der Waals surface area contributed by atoms with Crippen LogP contribution in [0, 0.1) is 0 Å². The summed E-state index contributed by atoms with van der Waals surface area (Å²) < 4.78 is 16.4. The second-order valence-corrected chi connectivity index (χ2v) is 4.52. The van der Waals surface area contributed by atoms with Crippen molar-refractivity contribution in [1.29, 1.82) is 0 Å². The molecule has 0 unspecified atom stereocenters. The molecular formula is C13H17NO3. The molecule has 2 rings (SSSR count). The standard InChI is InChI=1S/C13H17NO3/c1-13(2)8-14-12(17-13)9-6-5-7-10(15-3)11(9)16-4/h5-7H,8H2,1-4H3. The molecule has 0 bridgehead atoms. The molecule has 1 aromatic carbocycles. The van der Waals surface area contributed by atoms with Gasteiger partial charge in [-0.1, -0.05) is 6.07 Å². The summed E-state index contributed by atoms with van der Waals surface area (Å²) in [5, 5.41) is 0. The number of methoxy groups -OCH3 is 2. The van der Waals surface area contributed by atoms with Gasteiger partial charge in [-0.3, -0.25) is 0 Å². The Bertz CT molecular complexity index is 452. The number of ether oxygens (including phenoxy) is 3. The third-order valence-electron chi connectivity index (χ3n) is 2.61. The fourth-order valence-corrected chi connectivity index (χ4v) is 1.78. The molecule has 0 N–H and O–H groups in total. The van der Waals surface area contributed by atoms with E-state index in [2.05, 4.69) is 4.99 Å². The fourth-order valence-electron chi connectivity index (χ4n) is 1.78. The molecule has 0 fully saturated rings. The molecule has 1 aliphatic rings. The van der Waals surface area contributed by atoms with Crippen LogP contribution in [0.3, 0.4) is 0 Å². The van der Waals surface area contributed by atoms with E-state index in [-0.39, 0.29) is 5.60 Å². The Labute approximate surface area is 101 Å². The van der Waals surface area contributed by atoms with Crippen molar-refractivity contribution in [2.24, 2.45) is 4.99 Å². The van der Waals surface area contributed by atoms with E-state index in [9.17, 15) is 0 Å². The summed E-state index contributed by atoms with van der Waals surface area (Å²) >= 11 is 0. The maximum absolute atomic E-state index is 5.79. The van der Waals surface area contributed by atoms with Gasteiger partial charge in [0.05, 0.1) is 26.3 Å². The monoisotopic (exact) mass is 235 g/mol. The number of hydrogen-bond acceptors (Lipinski definition) is 4. The lowest BCUT2D eigenvalue weighted by Crippen LogP contribution is -2.24. The van der Waals surface area contributed by atoms with Gasteiger partial charge in [-0.2, -0.15) is 0 Å². The normalized spacial score (nSPS) is 17.3. The van der Waals surface area contributed by atoms with E-state index in [1.165, 1.54) is 0 Å². The van der Waals surface area contributed by atoms with Crippen molar-refractivity contribution in [3.63, 3.8) is 0 Å². The Kier molecular flexibility index (Phi) is 2.96. The zero-order chi connectivity index (χ0) is 12.5. The van der Waals surface area contributed by atoms with Crippen LogP contribution in [0.15, 0.2) is 23.2 Å².